The molecule has 6 nitrogen and oxygen atoms in total. The molecule has 1 aliphatic heterocycles. The van der Waals surface area contributed by atoms with Crippen LogP contribution in [0.3, 0.4) is 0 Å². The number of aromatic nitrogens is 2. The molecule has 3 heterocycles. The summed E-state index contributed by atoms with van der Waals surface area (Å²) in [7, 11) is 1.45. The number of aryl methyl sites for hydroxylation is 1. The number of hydrogen-bond donors (Lipinski definition) is 2. The highest BCUT2D eigenvalue weighted by molar-refractivity contribution is 7.18. The number of H-pyrrole nitrogens is 1. The molecule has 1 saturated heterocycles. The van der Waals surface area contributed by atoms with E-state index in [1.165, 1.54) is 22.5 Å². The first-order valence-corrected chi connectivity index (χ1v) is 10.8. The average molecular weight is 391 g/mol. The predicted molar refractivity (Wildman–Crippen MR) is 105 cm³/mol. The van der Waals surface area contributed by atoms with Crippen LogP contribution in [0.1, 0.15) is 55.4 Å². The molecule has 0 radical (unpaired) electrons. The van der Waals surface area contributed by atoms with E-state index >= 15 is 0 Å². The highest BCUT2D eigenvalue weighted by Gasteiger charge is 2.32. The van der Waals surface area contributed by atoms with Crippen molar-refractivity contribution in [2.45, 2.75) is 52.0 Å². The van der Waals surface area contributed by atoms with E-state index in [1.54, 1.807) is 11.3 Å². The summed E-state index contributed by atoms with van der Waals surface area (Å²) in [5.41, 5.74) is 1.24. The molecule has 0 amide bonds. The quantitative estimate of drug-likeness (QED) is 0.781. The van der Waals surface area contributed by atoms with Gasteiger partial charge in [-0.2, -0.15) is 0 Å². The maximum atomic E-state index is 12.8. The van der Waals surface area contributed by atoms with Crippen molar-refractivity contribution in [3.63, 3.8) is 0 Å². The summed E-state index contributed by atoms with van der Waals surface area (Å²) >= 11 is 1.70. The second-order valence-corrected chi connectivity index (χ2v) is 9.24. The van der Waals surface area contributed by atoms with Crippen molar-refractivity contribution in [1.82, 2.24) is 9.97 Å². The van der Waals surface area contributed by atoms with E-state index in [-0.39, 0.29) is 23.5 Å². The number of hydrogen-bond acceptors (Lipinski definition) is 5. The minimum atomic E-state index is -0.104. The SMILES string of the molecule is COC(=O)C1CC[NH+]([C@@H](C)c2nc3sc4c(c3c(=O)[nH]2)CC[C@H](C)C4)CC1. The van der Waals surface area contributed by atoms with E-state index < -0.39 is 0 Å². The van der Waals surface area contributed by atoms with Crippen LogP contribution in [0, 0.1) is 11.8 Å². The number of rotatable bonds is 3. The molecule has 4 rings (SSSR count). The number of carbonyl (C=O) groups excluding carboxylic acids is 1. The van der Waals surface area contributed by atoms with Gasteiger partial charge >= 0.3 is 5.97 Å². The van der Waals surface area contributed by atoms with Crippen molar-refractivity contribution >= 4 is 27.5 Å². The number of esters is 1. The first-order chi connectivity index (χ1) is 13.0. The molecule has 0 aromatic carbocycles. The van der Waals surface area contributed by atoms with Gasteiger partial charge in [-0.15, -0.1) is 11.3 Å². The maximum Gasteiger partial charge on any atom is 0.309 e. The van der Waals surface area contributed by atoms with E-state index in [1.807, 2.05) is 0 Å². The van der Waals surface area contributed by atoms with Crippen LogP contribution in [0.5, 0.6) is 0 Å². The number of nitrogens with zero attached hydrogens (tertiary/aromatic N) is 1. The van der Waals surface area contributed by atoms with Crippen LogP contribution in [0.2, 0.25) is 0 Å². The minimum absolute atomic E-state index is 0.00597. The van der Waals surface area contributed by atoms with Crippen LogP contribution >= 0.6 is 11.3 Å². The summed E-state index contributed by atoms with van der Waals surface area (Å²) in [4.78, 5) is 36.1. The first kappa shape index (κ1) is 18.6. The van der Waals surface area contributed by atoms with Gasteiger partial charge in [0.1, 0.15) is 10.9 Å². The number of likely N-dealkylation sites (tertiary alicyclic amines) is 1. The number of thiophene rings is 1. The van der Waals surface area contributed by atoms with E-state index in [2.05, 4.69) is 18.8 Å². The molecule has 0 unspecified atom stereocenters. The van der Waals surface area contributed by atoms with Gasteiger partial charge in [0.15, 0.2) is 5.82 Å². The van der Waals surface area contributed by atoms with Gasteiger partial charge in [-0.1, -0.05) is 6.92 Å². The Bertz CT molecular complexity index is 911. The molecule has 2 aromatic rings. The Balaban J connectivity index is 1.57. The lowest BCUT2D eigenvalue weighted by Gasteiger charge is -2.31. The van der Waals surface area contributed by atoms with Gasteiger partial charge in [0.2, 0.25) is 0 Å². The molecule has 0 saturated carbocycles. The molecule has 2 aliphatic rings. The second-order valence-electron chi connectivity index (χ2n) is 8.16. The number of aromatic amines is 1. The molecule has 0 spiro atoms. The van der Waals surface area contributed by atoms with Crippen LogP contribution in [-0.2, 0) is 22.4 Å². The molecule has 2 aromatic heterocycles. The van der Waals surface area contributed by atoms with Crippen LogP contribution in [0.4, 0.5) is 0 Å². The van der Waals surface area contributed by atoms with Crippen molar-refractivity contribution in [3.8, 4) is 0 Å². The fourth-order valence-corrected chi connectivity index (χ4v) is 5.98. The van der Waals surface area contributed by atoms with E-state index in [4.69, 9.17) is 9.72 Å². The highest BCUT2D eigenvalue weighted by atomic mass is 32.1. The van der Waals surface area contributed by atoms with Gasteiger partial charge in [0.25, 0.3) is 5.56 Å². The van der Waals surface area contributed by atoms with Gasteiger partial charge in [0, 0.05) is 17.7 Å². The van der Waals surface area contributed by atoms with Crippen molar-refractivity contribution in [2.75, 3.05) is 20.2 Å². The van der Waals surface area contributed by atoms with Crippen LogP contribution in [0.25, 0.3) is 10.2 Å². The lowest BCUT2D eigenvalue weighted by atomic mass is 9.89. The largest absolute Gasteiger partial charge is 0.469 e. The van der Waals surface area contributed by atoms with Crippen molar-refractivity contribution in [1.29, 1.82) is 0 Å². The number of ether oxygens (including phenoxy) is 1. The van der Waals surface area contributed by atoms with Gasteiger partial charge in [-0.25, -0.2) is 4.98 Å². The topological polar surface area (TPSA) is 76.5 Å². The molecule has 2 N–H and O–H groups in total. The zero-order valence-corrected chi connectivity index (χ0v) is 17.1. The predicted octanol–water partition coefficient (Wildman–Crippen LogP) is 1.64. The van der Waals surface area contributed by atoms with Crippen molar-refractivity contribution in [2.24, 2.45) is 11.8 Å². The van der Waals surface area contributed by atoms with Gasteiger partial charge in [-0.05, 0) is 37.7 Å². The molecular formula is C20H28N3O3S+. The summed E-state index contributed by atoms with van der Waals surface area (Å²) in [6, 6.07) is 0.110. The summed E-state index contributed by atoms with van der Waals surface area (Å²) in [6.07, 6.45) is 4.85. The smallest absolute Gasteiger partial charge is 0.309 e. The summed E-state index contributed by atoms with van der Waals surface area (Å²) in [5, 5.41) is 0.817. The average Bonchev–Trinajstić information content (AvgIpc) is 3.04. The van der Waals surface area contributed by atoms with Gasteiger partial charge in [-0.3, -0.25) is 9.59 Å². The zero-order chi connectivity index (χ0) is 19.1. The molecule has 0 bridgehead atoms. The molecule has 7 heteroatoms. The van der Waals surface area contributed by atoms with Crippen LogP contribution in [0.15, 0.2) is 4.79 Å². The molecule has 1 aliphatic carbocycles. The Morgan fingerprint density at radius 1 is 1.33 bits per heavy atom. The Hall–Kier alpha value is -1.73. The summed E-state index contributed by atoms with van der Waals surface area (Å²) < 4.78 is 4.87. The number of fused-ring (bicyclic) bond motifs is 3. The molecule has 146 valence electrons. The van der Waals surface area contributed by atoms with E-state index in [0.29, 0.717) is 5.92 Å². The Morgan fingerprint density at radius 2 is 2.07 bits per heavy atom. The summed E-state index contributed by atoms with van der Waals surface area (Å²) in [6.45, 7) is 6.18. The van der Waals surface area contributed by atoms with E-state index in [9.17, 15) is 9.59 Å². The summed E-state index contributed by atoms with van der Waals surface area (Å²) in [5.74, 6) is 1.36. The zero-order valence-electron chi connectivity index (χ0n) is 16.3. The number of methoxy groups -OCH3 is 1. The van der Waals surface area contributed by atoms with Crippen LogP contribution < -0.4 is 10.5 Å². The van der Waals surface area contributed by atoms with Crippen molar-refractivity contribution < 1.29 is 14.4 Å². The Kier molecular flexibility index (Phi) is 5.07. The maximum absolute atomic E-state index is 12.8. The lowest BCUT2D eigenvalue weighted by Crippen LogP contribution is -3.13. The van der Waals surface area contributed by atoms with E-state index in [0.717, 1.165) is 61.2 Å². The third-order valence-corrected chi connectivity index (χ3v) is 7.52. The molecule has 2 atom stereocenters. The Labute approximate surface area is 162 Å². The Morgan fingerprint density at radius 3 is 2.78 bits per heavy atom. The number of piperidine rings is 1. The normalized spacial score (nSPS) is 26.6. The second kappa shape index (κ2) is 7.36. The standard InChI is InChI=1S/C20H27N3O3S/c1-11-4-5-14-15(10-11)27-19-16(14)18(24)21-17(22-19)12(2)23-8-6-13(7-9-23)20(25)26-3/h11-13H,4-10H2,1-3H3,(H,21,22,24)/p+1/t11-,12-/m0/s1. The third kappa shape index (κ3) is 3.43. The fraction of sp³-hybridized carbons (Fsp3) is 0.650. The van der Waals surface area contributed by atoms with Crippen LogP contribution in [-0.4, -0.2) is 36.1 Å². The lowest BCUT2D eigenvalue weighted by molar-refractivity contribution is -0.935. The molecule has 27 heavy (non-hydrogen) atoms. The monoisotopic (exact) mass is 390 g/mol. The first-order valence-electron chi connectivity index (χ1n) is 9.94. The fourth-order valence-electron chi connectivity index (χ4n) is 4.59. The van der Waals surface area contributed by atoms with Crippen molar-refractivity contribution in [3.05, 3.63) is 26.6 Å². The van der Waals surface area contributed by atoms with Gasteiger partial charge in [0.05, 0.1) is 31.5 Å². The number of carbonyl (C=O) groups is 1. The third-order valence-electron chi connectivity index (χ3n) is 6.37. The van der Waals surface area contributed by atoms with Gasteiger partial charge < -0.3 is 14.6 Å². The molecule has 1 fully saturated rings. The molecular weight excluding hydrogens is 362 g/mol. The minimum Gasteiger partial charge on any atom is -0.469 e. The highest BCUT2D eigenvalue weighted by Crippen LogP contribution is 2.35. The number of nitrogens with one attached hydrogen (secondary N) is 2. The number of quaternary nitrogens is 1.